The second-order valence-electron chi connectivity index (χ2n) is 5.06. The lowest BCUT2D eigenvalue weighted by Gasteiger charge is -2.16. The van der Waals surface area contributed by atoms with Crippen LogP contribution in [0.1, 0.15) is 22.3 Å². The second-order valence-corrected chi connectivity index (χ2v) is 7.07. The lowest BCUT2D eigenvalue weighted by Crippen LogP contribution is -2.17. The van der Waals surface area contributed by atoms with Crippen molar-refractivity contribution in [1.29, 1.82) is 0 Å². The molecule has 1 heterocycles. The van der Waals surface area contributed by atoms with E-state index in [0.29, 0.717) is 10.6 Å². The van der Waals surface area contributed by atoms with Gasteiger partial charge in [0.15, 0.2) is 0 Å². The number of benzene rings is 1. The van der Waals surface area contributed by atoms with E-state index in [2.05, 4.69) is 9.71 Å². The SMILES string of the molecule is Cc1cc(C)c(C)c(S(=O)(=O)Nc2ccnc(Cl)c2)c1C. The number of aryl methyl sites for hydroxylation is 2. The van der Waals surface area contributed by atoms with Crippen LogP contribution in [0.3, 0.4) is 0 Å². The van der Waals surface area contributed by atoms with Crippen molar-refractivity contribution in [3.05, 3.63) is 51.8 Å². The smallest absolute Gasteiger partial charge is 0.262 e. The summed E-state index contributed by atoms with van der Waals surface area (Å²) in [5.74, 6) is 0. The van der Waals surface area contributed by atoms with Crippen molar-refractivity contribution in [3.8, 4) is 0 Å². The quantitative estimate of drug-likeness (QED) is 0.874. The van der Waals surface area contributed by atoms with Gasteiger partial charge in [0.25, 0.3) is 10.0 Å². The van der Waals surface area contributed by atoms with Crippen LogP contribution in [0, 0.1) is 27.7 Å². The van der Waals surface area contributed by atoms with E-state index in [1.54, 1.807) is 6.07 Å². The minimum atomic E-state index is -3.67. The molecule has 0 unspecified atom stereocenters. The average molecular weight is 325 g/mol. The van der Waals surface area contributed by atoms with Crippen LogP contribution in [0.15, 0.2) is 29.3 Å². The van der Waals surface area contributed by atoms with E-state index < -0.39 is 10.0 Å². The van der Waals surface area contributed by atoms with Gasteiger partial charge in [-0.25, -0.2) is 13.4 Å². The number of anilines is 1. The van der Waals surface area contributed by atoms with Crippen LogP contribution in [0.4, 0.5) is 5.69 Å². The molecule has 0 amide bonds. The Labute approximate surface area is 130 Å². The maximum Gasteiger partial charge on any atom is 0.262 e. The summed E-state index contributed by atoms with van der Waals surface area (Å²) >= 11 is 5.79. The van der Waals surface area contributed by atoms with E-state index >= 15 is 0 Å². The Balaban J connectivity index is 2.55. The number of nitrogens with zero attached hydrogens (tertiary/aromatic N) is 1. The Bertz CT molecular complexity index is 775. The van der Waals surface area contributed by atoms with Crippen molar-refractivity contribution in [2.75, 3.05) is 4.72 Å². The molecule has 4 nitrogen and oxygen atoms in total. The van der Waals surface area contributed by atoms with E-state index in [-0.39, 0.29) is 5.15 Å². The molecule has 2 aromatic rings. The van der Waals surface area contributed by atoms with Crippen molar-refractivity contribution in [1.82, 2.24) is 4.98 Å². The Morgan fingerprint density at radius 1 is 1.05 bits per heavy atom. The third kappa shape index (κ3) is 3.19. The zero-order valence-corrected chi connectivity index (χ0v) is 13.9. The molecule has 0 fully saturated rings. The number of hydrogen-bond acceptors (Lipinski definition) is 3. The fraction of sp³-hybridized carbons (Fsp3) is 0.267. The number of sulfonamides is 1. The predicted octanol–water partition coefficient (Wildman–Crippen LogP) is 3.77. The van der Waals surface area contributed by atoms with Crippen LogP contribution >= 0.6 is 11.6 Å². The summed E-state index contributed by atoms with van der Waals surface area (Å²) in [5, 5.41) is 0.240. The highest BCUT2D eigenvalue weighted by molar-refractivity contribution is 7.92. The first kappa shape index (κ1) is 15.8. The fourth-order valence-electron chi connectivity index (χ4n) is 2.26. The number of aromatic nitrogens is 1. The Morgan fingerprint density at radius 3 is 2.14 bits per heavy atom. The molecule has 0 atom stereocenters. The van der Waals surface area contributed by atoms with E-state index in [0.717, 1.165) is 22.3 Å². The van der Waals surface area contributed by atoms with E-state index in [1.807, 2.05) is 33.8 Å². The first-order valence-electron chi connectivity index (χ1n) is 6.44. The van der Waals surface area contributed by atoms with Gasteiger partial charge in [0.05, 0.1) is 10.6 Å². The highest BCUT2D eigenvalue weighted by Gasteiger charge is 2.22. The monoisotopic (exact) mass is 324 g/mol. The standard InChI is InChI=1S/C15H17ClN2O2S/c1-9-7-10(2)12(4)15(11(9)3)21(19,20)18-13-5-6-17-14(16)8-13/h5-8H,1-4H3,(H,17,18). The van der Waals surface area contributed by atoms with Gasteiger partial charge < -0.3 is 0 Å². The molecular formula is C15H17ClN2O2S. The summed E-state index contributed by atoms with van der Waals surface area (Å²) < 4.78 is 27.9. The number of pyridine rings is 1. The summed E-state index contributed by atoms with van der Waals surface area (Å²) in [5.41, 5.74) is 3.81. The van der Waals surface area contributed by atoms with Gasteiger partial charge >= 0.3 is 0 Å². The van der Waals surface area contributed by atoms with Gasteiger partial charge in [0.2, 0.25) is 0 Å². The van der Waals surface area contributed by atoms with Crippen LogP contribution < -0.4 is 4.72 Å². The molecular weight excluding hydrogens is 308 g/mol. The maximum absolute atomic E-state index is 12.7. The molecule has 112 valence electrons. The summed E-state index contributed by atoms with van der Waals surface area (Å²) in [6.07, 6.45) is 1.46. The van der Waals surface area contributed by atoms with Crippen LogP contribution in [0.2, 0.25) is 5.15 Å². The van der Waals surface area contributed by atoms with Crippen molar-refractivity contribution in [3.63, 3.8) is 0 Å². The lowest BCUT2D eigenvalue weighted by molar-refractivity contribution is 0.599. The Morgan fingerprint density at radius 2 is 1.62 bits per heavy atom. The van der Waals surface area contributed by atoms with E-state index in [9.17, 15) is 8.42 Å². The maximum atomic E-state index is 12.7. The van der Waals surface area contributed by atoms with Crippen molar-refractivity contribution in [2.45, 2.75) is 32.6 Å². The molecule has 2 rings (SSSR count). The first-order valence-corrected chi connectivity index (χ1v) is 8.30. The Hall–Kier alpha value is -1.59. The number of halogens is 1. The molecule has 1 aromatic heterocycles. The predicted molar refractivity (Wildman–Crippen MR) is 85.4 cm³/mol. The topological polar surface area (TPSA) is 59.1 Å². The number of hydrogen-bond donors (Lipinski definition) is 1. The molecule has 21 heavy (non-hydrogen) atoms. The fourth-order valence-corrected chi connectivity index (χ4v) is 4.10. The molecule has 1 aromatic carbocycles. The molecule has 0 radical (unpaired) electrons. The van der Waals surface area contributed by atoms with Crippen LogP contribution in [-0.2, 0) is 10.0 Å². The Kier molecular flexibility index (Phi) is 4.25. The summed E-state index contributed by atoms with van der Waals surface area (Å²) in [7, 11) is -3.67. The highest BCUT2D eigenvalue weighted by Crippen LogP contribution is 2.28. The van der Waals surface area contributed by atoms with Crippen LogP contribution in [0.25, 0.3) is 0 Å². The van der Waals surface area contributed by atoms with Crippen molar-refractivity contribution < 1.29 is 8.42 Å². The molecule has 6 heteroatoms. The molecule has 0 saturated heterocycles. The normalized spacial score (nSPS) is 11.5. The third-order valence-electron chi connectivity index (χ3n) is 3.54. The summed E-state index contributed by atoms with van der Waals surface area (Å²) in [6, 6.07) is 5.04. The van der Waals surface area contributed by atoms with Gasteiger partial charge in [0, 0.05) is 6.20 Å². The van der Waals surface area contributed by atoms with Gasteiger partial charge in [0.1, 0.15) is 5.15 Å². The number of nitrogens with one attached hydrogen (secondary N) is 1. The summed E-state index contributed by atoms with van der Waals surface area (Å²) in [4.78, 5) is 4.16. The molecule has 0 aliphatic rings. The molecule has 0 aliphatic heterocycles. The molecule has 0 spiro atoms. The minimum Gasteiger partial charge on any atom is -0.279 e. The van der Waals surface area contributed by atoms with Crippen LogP contribution in [-0.4, -0.2) is 13.4 Å². The largest absolute Gasteiger partial charge is 0.279 e. The lowest BCUT2D eigenvalue weighted by atomic mass is 10.0. The van der Waals surface area contributed by atoms with Crippen LogP contribution in [0.5, 0.6) is 0 Å². The van der Waals surface area contributed by atoms with Gasteiger partial charge in [-0.1, -0.05) is 17.7 Å². The molecule has 0 bridgehead atoms. The van der Waals surface area contributed by atoms with Gasteiger partial charge in [-0.05, 0) is 62.1 Å². The van der Waals surface area contributed by atoms with Crippen molar-refractivity contribution in [2.24, 2.45) is 0 Å². The third-order valence-corrected chi connectivity index (χ3v) is 5.41. The summed E-state index contributed by atoms with van der Waals surface area (Å²) in [6.45, 7) is 7.44. The van der Waals surface area contributed by atoms with E-state index in [1.165, 1.54) is 12.3 Å². The minimum absolute atomic E-state index is 0.240. The van der Waals surface area contributed by atoms with Gasteiger partial charge in [-0.2, -0.15) is 0 Å². The zero-order chi connectivity index (χ0) is 15.8. The number of rotatable bonds is 3. The van der Waals surface area contributed by atoms with Crippen molar-refractivity contribution >= 4 is 27.3 Å². The zero-order valence-electron chi connectivity index (χ0n) is 12.4. The molecule has 0 aliphatic carbocycles. The van der Waals surface area contributed by atoms with Gasteiger partial charge in [-0.15, -0.1) is 0 Å². The highest BCUT2D eigenvalue weighted by atomic mass is 35.5. The molecule has 0 saturated carbocycles. The first-order chi connectivity index (χ1) is 9.72. The van der Waals surface area contributed by atoms with E-state index in [4.69, 9.17) is 11.6 Å². The van der Waals surface area contributed by atoms with Gasteiger partial charge in [-0.3, -0.25) is 4.72 Å². The molecule has 1 N–H and O–H groups in total. The second kappa shape index (κ2) is 5.66. The average Bonchev–Trinajstić information content (AvgIpc) is 2.35.